The van der Waals surface area contributed by atoms with Gasteiger partial charge in [-0.2, -0.15) is 0 Å². The number of urea groups is 1. The molecule has 27 heavy (non-hydrogen) atoms. The van der Waals surface area contributed by atoms with Crippen molar-refractivity contribution >= 4 is 6.03 Å². The van der Waals surface area contributed by atoms with Gasteiger partial charge in [-0.25, -0.2) is 4.79 Å². The lowest BCUT2D eigenvalue weighted by Crippen LogP contribution is -2.61. The van der Waals surface area contributed by atoms with Gasteiger partial charge in [0.25, 0.3) is 0 Å². The maximum atomic E-state index is 13.0. The van der Waals surface area contributed by atoms with Gasteiger partial charge in [-0.05, 0) is 52.0 Å². The average Bonchev–Trinajstić information content (AvgIpc) is 2.60. The molecule has 4 rings (SSSR count). The van der Waals surface area contributed by atoms with Crippen LogP contribution in [0.1, 0.15) is 58.8 Å². The third-order valence-corrected chi connectivity index (χ3v) is 7.24. The second kappa shape index (κ2) is 8.26. The first-order chi connectivity index (χ1) is 13.0. The Bertz CT molecular complexity index is 519. The molecule has 6 nitrogen and oxygen atoms in total. The number of hydrogen-bond acceptors (Lipinski definition) is 4. The van der Waals surface area contributed by atoms with Crippen molar-refractivity contribution in [2.24, 2.45) is 5.92 Å². The lowest BCUT2D eigenvalue weighted by molar-refractivity contribution is -0.175. The molecule has 1 saturated carbocycles. The first kappa shape index (κ1) is 19.5. The van der Waals surface area contributed by atoms with Crippen LogP contribution in [0.2, 0.25) is 0 Å². The number of likely N-dealkylation sites (tertiary alicyclic amines) is 1. The average molecular weight is 380 g/mol. The van der Waals surface area contributed by atoms with Crippen molar-refractivity contribution in [3.8, 4) is 0 Å². The summed E-state index contributed by atoms with van der Waals surface area (Å²) < 4.78 is 11.8. The standard InChI is InChI=1S/C21H37N3O3/c1-16-13-24(15-21(27-16)8-11-26-12-9-21)20(25)22-17(2)18-5-4-10-23(14-18)19-6-3-7-19/h16-19H,3-15H2,1-2H3,(H,22,25). The zero-order valence-electron chi connectivity index (χ0n) is 17.1. The van der Waals surface area contributed by atoms with Gasteiger partial charge in [0.2, 0.25) is 0 Å². The Morgan fingerprint density at radius 3 is 2.63 bits per heavy atom. The van der Waals surface area contributed by atoms with E-state index in [-0.39, 0.29) is 23.8 Å². The fourth-order valence-corrected chi connectivity index (χ4v) is 5.33. The van der Waals surface area contributed by atoms with Gasteiger partial charge in [0.15, 0.2) is 0 Å². The number of morpholine rings is 1. The van der Waals surface area contributed by atoms with Crippen LogP contribution in [0.25, 0.3) is 0 Å². The van der Waals surface area contributed by atoms with E-state index >= 15 is 0 Å². The summed E-state index contributed by atoms with van der Waals surface area (Å²) in [5.74, 6) is 0.568. The molecule has 1 spiro atoms. The van der Waals surface area contributed by atoms with E-state index in [4.69, 9.17) is 9.47 Å². The largest absolute Gasteiger partial charge is 0.381 e. The van der Waals surface area contributed by atoms with Gasteiger partial charge in [0, 0.05) is 51.2 Å². The molecule has 2 amide bonds. The van der Waals surface area contributed by atoms with E-state index in [1.807, 2.05) is 4.90 Å². The van der Waals surface area contributed by atoms with Crippen LogP contribution in [0.5, 0.6) is 0 Å². The van der Waals surface area contributed by atoms with Crippen molar-refractivity contribution in [2.45, 2.75) is 82.6 Å². The van der Waals surface area contributed by atoms with E-state index in [9.17, 15) is 4.79 Å². The molecule has 3 heterocycles. The van der Waals surface area contributed by atoms with Crippen molar-refractivity contribution in [1.82, 2.24) is 15.1 Å². The van der Waals surface area contributed by atoms with Crippen LogP contribution in [0, 0.1) is 5.92 Å². The quantitative estimate of drug-likeness (QED) is 0.819. The maximum Gasteiger partial charge on any atom is 0.317 e. The van der Waals surface area contributed by atoms with Gasteiger partial charge in [-0.15, -0.1) is 0 Å². The zero-order chi connectivity index (χ0) is 18.9. The number of nitrogens with one attached hydrogen (secondary N) is 1. The lowest BCUT2D eigenvalue weighted by Gasteiger charge is -2.48. The number of piperidine rings is 1. The second-order valence-corrected chi connectivity index (χ2v) is 9.32. The summed E-state index contributed by atoms with van der Waals surface area (Å²) in [6.45, 7) is 9.51. The summed E-state index contributed by atoms with van der Waals surface area (Å²) in [7, 11) is 0. The van der Waals surface area contributed by atoms with Crippen LogP contribution in [0.15, 0.2) is 0 Å². The molecule has 4 aliphatic rings. The third-order valence-electron chi connectivity index (χ3n) is 7.24. The molecule has 0 aromatic rings. The second-order valence-electron chi connectivity index (χ2n) is 9.32. The SMILES string of the molecule is CC1CN(C(=O)NC(C)C2CCCN(C3CCC3)C2)CC2(CCOCC2)O1. The molecule has 3 aliphatic heterocycles. The molecule has 4 fully saturated rings. The zero-order valence-corrected chi connectivity index (χ0v) is 17.1. The first-order valence-electron chi connectivity index (χ1n) is 11.1. The highest BCUT2D eigenvalue weighted by atomic mass is 16.5. The van der Waals surface area contributed by atoms with Crippen molar-refractivity contribution in [3.63, 3.8) is 0 Å². The number of nitrogens with zero attached hydrogens (tertiary/aromatic N) is 2. The lowest BCUT2D eigenvalue weighted by atomic mass is 9.85. The number of carbonyl (C=O) groups excluding carboxylic acids is 1. The predicted octanol–water partition coefficient (Wildman–Crippen LogP) is 2.62. The van der Waals surface area contributed by atoms with Crippen molar-refractivity contribution in [3.05, 3.63) is 0 Å². The maximum absolute atomic E-state index is 13.0. The van der Waals surface area contributed by atoms with Crippen LogP contribution in [0.4, 0.5) is 4.79 Å². The minimum Gasteiger partial charge on any atom is -0.381 e. The third kappa shape index (κ3) is 4.43. The summed E-state index contributed by atoms with van der Waals surface area (Å²) in [4.78, 5) is 17.7. The van der Waals surface area contributed by atoms with Crippen LogP contribution < -0.4 is 5.32 Å². The molecule has 6 heteroatoms. The number of amides is 2. The minimum atomic E-state index is -0.206. The molecule has 154 valence electrons. The predicted molar refractivity (Wildman–Crippen MR) is 105 cm³/mol. The van der Waals surface area contributed by atoms with E-state index in [1.54, 1.807) is 0 Å². The Balaban J connectivity index is 1.32. The first-order valence-corrected chi connectivity index (χ1v) is 11.1. The molecule has 3 atom stereocenters. The van der Waals surface area contributed by atoms with Crippen LogP contribution in [0.3, 0.4) is 0 Å². The number of hydrogen-bond donors (Lipinski definition) is 1. The normalized spacial score (nSPS) is 33.5. The minimum absolute atomic E-state index is 0.0849. The molecule has 0 aromatic heterocycles. The Kier molecular flexibility index (Phi) is 5.95. The topological polar surface area (TPSA) is 54.0 Å². The molecule has 1 aliphatic carbocycles. The fourth-order valence-electron chi connectivity index (χ4n) is 5.33. The van der Waals surface area contributed by atoms with Gasteiger partial charge in [0.1, 0.15) is 0 Å². The van der Waals surface area contributed by atoms with Gasteiger partial charge < -0.3 is 24.6 Å². The molecule has 0 aromatic carbocycles. The van der Waals surface area contributed by atoms with E-state index < -0.39 is 0 Å². The van der Waals surface area contributed by atoms with Crippen molar-refractivity contribution in [1.29, 1.82) is 0 Å². The number of ether oxygens (including phenoxy) is 2. The molecule has 3 unspecified atom stereocenters. The van der Waals surface area contributed by atoms with Crippen LogP contribution in [-0.2, 0) is 9.47 Å². The highest BCUT2D eigenvalue weighted by molar-refractivity contribution is 5.74. The summed E-state index contributed by atoms with van der Waals surface area (Å²) in [5, 5.41) is 3.33. The Morgan fingerprint density at radius 1 is 1.15 bits per heavy atom. The monoisotopic (exact) mass is 379 g/mol. The van der Waals surface area contributed by atoms with Gasteiger partial charge in [-0.1, -0.05) is 6.42 Å². The molecule has 3 saturated heterocycles. The number of carbonyl (C=O) groups is 1. The summed E-state index contributed by atoms with van der Waals surface area (Å²) in [6, 6.07) is 1.12. The molecular weight excluding hydrogens is 342 g/mol. The van der Waals surface area contributed by atoms with Crippen molar-refractivity contribution < 1.29 is 14.3 Å². The van der Waals surface area contributed by atoms with E-state index in [1.165, 1.54) is 38.6 Å². The summed E-state index contributed by atoms with van der Waals surface area (Å²) in [6.07, 6.45) is 8.47. The van der Waals surface area contributed by atoms with E-state index in [0.29, 0.717) is 19.0 Å². The van der Waals surface area contributed by atoms with Gasteiger partial charge >= 0.3 is 6.03 Å². The molecule has 1 N–H and O–H groups in total. The molecule has 0 bridgehead atoms. The van der Waals surface area contributed by atoms with Gasteiger partial charge in [-0.3, -0.25) is 0 Å². The van der Waals surface area contributed by atoms with Crippen LogP contribution in [-0.4, -0.2) is 79.0 Å². The Morgan fingerprint density at radius 2 is 1.93 bits per heavy atom. The number of rotatable bonds is 3. The highest BCUT2D eigenvalue weighted by Gasteiger charge is 2.42. The summed E-state index contributed by atoms with van der Waals surface area (Å²) in [5.41, 5.74) is -0.206. The molecular formula is C21H37N3O3. The Labute approximate surface area is 163 Å². The van der Waals surface area contributed by atoms with Crippen LogP contribution >= 0.6 is 0 Å². The highest BCUT2D eigenvalue weighted by Crippen LogP contribution is 2.32. The smallest absolute Gasteiger partial charge is 0.317 e. The van der Waals surface area contributed by atoms with E-state index in [2.05, 4.69) is 24.1 Å². The Hall–Kier alpha value is -0.850. The molecule has 0 radical (unpaired) electrons. The van der Waals surface area contributed by atoms with Gasteiger partial charge in [0.05, 0.1) is 18.2 Å². The van der Waals surface area contributed by atoms with Crippen molar-refractivity contribution in [2.75, 3.05) is 39.4 Å². The summed E-state index contributed by atoms with van der Waals surface area (Å²) >= 11 is 0. The van der Waals surface area contributed by atoms with E-state index in [0.717, 1.165) is 38.6 Å². The fraction of sp³-hybridized carbons (Fsp3) is 0.952.